The van der Waals surface area contributed by atoms with Crippen molar-refractivity contribution >= 4 is 23.6 Å². The number of hydrogen-bond acceptors (Lipinski definition) is 4. The Morgan fingerprint density at radius 3 is 2.33 bits per heavy atom. The zero-order chi connectivity index (χ0) is 15.8. The van der Waals surface area contributed by atoms with Crippen molar-refractivity contribution in [3.05, 3.63) is 29.8 Å². The molecule has 1 rings (SSSR count). The van der Waals surface area contributed by atoms with Gasteiger partial charge < -0.3 is 15.2 Å². The molecular formula is C15H21NO4S. The Morgan fingerprint density at radius 2 is 1.81 bits per heavy atom. The summed E-state index contributed by atoms with van der Waals surface area (Å²) in [5.41, 5.74) is 0.975. The number of carbonyl (C=O) groups is 2. The first-order valence-corrected chi connectivity index (χ1v) is 7.89. The van der Waals surface area contributed by atoms with Gasteiger partial charge in [-0.25, -0.2) is 0 Å². The second-order valence-corrected chi connectivity index (χ2v) is 5.90. The second-order valence-electron chi connectivity index (χ2n) is 4.91. The fourth-order valence-corrected chi connectivity index (χ4v) is 2.25. The summed E-state index contributed by atoms with van der Waals surface area (Å²) in [4.78, 5) is 22.0. The molecular weight excluding hydrogens is 290 g/mol. The highest BCUT2D eigenvalue weighted by Crippen LogP contribution is 2.18. The summed E-state index contributed by atoms with van der Waals surface area (Å²) in [6, 6.07) is 7.44. The van der Waals surface area contributed by atoms with Crippen molar-refractivity contribution in [3.63, 3.8) is 0 Å². The van der Waals surface area contributed by atoms with Crippen molar-refractivity contribution in [2.45, 2.75) is 32.9 Å². The molecule has 0 radical (unpaired) electrons. The molecule has 0 aliphatic heterocycles. The van der Waals surface area contributed by atoms with Crippen molar-refractivity contribution in [3.8, 4) is 5.75 Å². The predicted octanol–water partition coefficient (Wildman–Crippen LogP) is 2.47. The van der Waals surface area contributed by atoms with E-state index in [9.17, 15) is 9.59 Å². The van der Waals surface area contributed by atoms with E-state index in [4.69, 9.17) is 9.84 Å². The number of hydrogen-bond donors (Lipinski definition) is 2. The first kappa shape index (κ1) is 17.4. The molecule has 1 aromatic carbocycles. The zero-order valence-electron chi connectivity index (χ0n) is 12.5. The molecule has 0 heterocycles. The number of benzene rings is 1. The first-order valence-electron chi connectivity index (χ1n) is 6.74. The zero-order valence-corrected chi connectivity index (χ0v) is 13.3. The summed E-state index contributed by atoms with van der Waals surface area (Å²) >= 11 is 1.08. The maximum absolute atomic E-state index is 11.7. The molecule has 0 aliphatic rings. The molecule has 1 amide bonds. The minimum atomic E-state index is -0.915. The molecule has 116 valence electrons. The van der Waals surface area contributed by atoms with Crippen LogP contribution in [0, 0.1) is 0 Å². The predicted molar refractivity (Wildman–Crippen MR) is 83.7 cm³/mol. The highest BCUT2D eigenvalue weighted by atomic mass is 32.2. The maximum atomic E-state index is 11.7. The summed E-state index contributed by atoms with van der Waals surface area (Å²) in [5.74, 6) is -0.212. The van der Waals surface area contributed by atoms with Crippen LogP contribution >= 0.6 is 11.8 Å². The summed E-state index contributed by atoms with van der Waals surface area (Å²) in [6.07, 6.45) is 0.124. The normalized spacial score (nSPS) is 12.0. The number of carboxylic acids is 1. The third-order valence-electron chi connectivity index (χ3n) is 2.59. The molecule has 0 aromatic heterocycles. The Kier molecular flexibility index (Phi) is 7.08. The number of rotatable bonds is 8. The molecule has 1 aromatic rings. The van der Waals surface area contributed by atoms with Gasteiger partial charge in [-0.15, -0.1) is 11.8 Å². The van der Waals surface area contributed by atoms with Gasteiger partial charge in [0.25, 0.3) is 0 Å². The van der Waals surface area contributed by atoms with E-state index >= 15 is 0 Å². The number of carbonyl (C=O) groups excluding carboxylic acids is 1. The second kappa shape index (κ2) is 8.56. The topological polar surface area (TPSA) is 75.6 Å². The molecule has 5 nitrogen and oxygen atoms in total. The fraction of sp³-hybridized carbons (Fsp3) is 0.467. The van der Waals surface area contributed by atoms with Crippen molar-refractivity contribution in [1.29, 1.82) is 0 Å². The van der Waals surface area contributed by atoms with Crippen LogP contribution in [-0.2, 0) is 9.59 Å². The Morgan fingerprint density at radius 1 is 1.19 bits per heavy atom. The number of amides is 1. The molecule has 21 heavy (non-hydrogen) atoms. The largest absolute Gasteiger partial charge is 0.491 e. The van der Waals surface area contributed by atoms with Gasteiger partial charge in [0, 0.05) is 0 Å². The van der Waals surface area contributed by atoms with Crippen LogP contribution in [-0.4, -0.2) is 34.6 Å². The van der Waals surface area contributed by atoms with Crippen molar-refractivity contribution < 1.29 is 19.4 Å². The average molecular weight is 311 g/mol. The molecule has 0 aliphatic carbocycles. The number of thioether (sulfide) groups is 1. The summed E-state index contributed by atoms with van der Waals surface area (Å²) in [5, 5.41) is 11.3. The van der Waals surface area contributed by atoms with E-state index in [0.29, 0.717) is 0 Å². The molecule has 0 saturated heterocycles. The lowest BCUT2D eigenvalue weighted by atomic mass is 10.1. The SMILES string of the molecule is CC(C)Oc1ccc(C(C)NC(=O)CSCC(=O)O)cc1. The van der Waals surface area contributed by atoms with Crippen molar-refractivity contribution in [2.75, 3.05) is 11.5 Å². The number of nitrogens with one attached hydrogen (secondary N) is 1. The van der Waals surface area contributed by atoms with Gasteiger partial charge in [0.2, 0.25) is 5.91 Å². The van der Waals surface area contributed by atoms with Crippen LogP contribution in [0.1, 0.15) is 32.4 Å². The standard InChI is InChI=1S/C15H21NO4S/c1-10(2)20-13-6-4-12(5-7-13)11(3)16-14(17)8-21-9-15(18)19/h4-7,10-11H,8-9H2,1-3H3,(H,16,17)(H,18,19). The lowest BCUT2D eigenvalue weighted by Gasteiger charge is -2.15. The lowest BCUT2D eigenvalue weighted by Crippen LogP contribution is -2.28. The Labute approximate surface area is 129 Å². The Bertz CT molecular complexity index is 473. The molecule has 0 saturated carbocycles. The molecule has 2 N–H and O–H groups in total. The van der Waals surface area contributed by atoms with Crippen LogP contribution in [0.2, 0.25) is 0 Å². The van der Waals surface area contributed by atoms with Crippen molar-refractivity contribution in [1.82, 2.24) is 5.32 Å². The van der Waals surface area contributed by atoms with Gasteiger partial charge in [0.05, 0.1) is 23.7 Å². The van der Waals surface area contributed by atoms with Crippen LogP contribution < -0.4 is 10.1 Å². The van der Waals surface area contributed by atoms with Gasteiger partial charge in [-0.05, 0) is 38.5 Å². The number of ether oxygens (including phenoxy) is 1. The van der Waals surface area contributed by atoms with Gasteiger partial charge in [-0.2, -0.15) is 0 Å². The molecule has 6 heteroatoms. The van der Waals surface area contributed by atoms with Gasteiger partial charge in [-0.3, -0.25) is 9.59 Å². The van der Waals surface area contributed by atoms with E-state index < -0.39 is 5.97 Å². The van der Waals surface area contributed by atoms with Gasteiger partial charge >= 0.3 is 5.97 Å². The summed E-state index contributed by atoms with van der Waals surface area (Å²) in [6.45, 7) is 5.81. The third kappa shape index (κ3) is 7.04. The maximum Gasteiger partial charge on any atom is 0.313 e. The van der Waals surface area contributed by atoms with Crippen LogP contribution in [0.25, 0.3) is 0 Å². The van der Waals surface area contributed by atoms with E-state index in [1.165, 1.54) is 0 Å². The molecule has 0 spiro atoms. The van der Waals surface area contributed by atoms with E-state index in [1.54, 1.807) is 0 Å². The monoisotopic (exact) mass is 311 g/mol. The molecule has 1 atom stereocenters. The van der Waals surface area contributed by atoms with Gasteiger partial charge in [-0.1, -0.05) is 12.1 Å². The third-order valence-corrected chi connectivity index (χ3v) is 3.51. The van der Waals surface area contributed by atoms with Crippen LogP contribution in [0.15, 0.2) is 24.3 Å². The highest BCUT2D eigenvalue weighted by molar-refractivity contribution is 8.00. The molecule has 0 fully saturated rings. The average Bonchev–Trinajstić information content (AvgIpc) is 2.38. The minimum Gasteiger partial charge on any atom is -0.491 e. The number of aliphatic carboxylic acids is 1. The van der Waals surface area contributed by atoms with Crippen LogP contribution in [0.5, 0.6) is 5.75 Å². The highest BCUT2D eigenvalue weighted by Gasteiger charge is 2.10. The number of carboxylic acid groups (broad SMARTS) is 1. The lowest BCUT2D eigenvalue weighted by molar-refractivity contribution is -0.133. The summed E-state index contributed by atoms with van der Waals surface area (Å²) in [7, 11) is 0. The quantitative estimate of drug-likeness (QED) is 0.771. The van der Waals surface area contributed by atoms with E-state index in [-0.39, 0.29) is 29.6 Å². The first-order chi connectivity index (χ1) is 9.88. The van der Waals surface area contributed by atoms with Crippen LogP contribution in [0.3, 0.4) is 0 Å². The van der Waals surface area contributed by atoms with E-state index in [0.717, 1.165) is 23.1 Å². The smallest absolute Gasteiger partial charge is 0.313 e. The van der Waals surface area contributed by atoms with E-state index in [2.05, 4.69) is 5.32 Å². The van der Waals surface area contributed by atoms with Crippen molar-refractivity contribution in [2.24, 2.45) is 0 Å². The summed E-state index contributed by atoms with van der Waals surface area (Å²) < 4.78 is 5.56. The minimum absolute atomic E-state index is 0.0664. The molecule has 1 unspecified atom stereocenters. The Hall–Kier alpha value is -1.69. The van der Waals surface area contributed by atoms with Crippen LogP contribution in [0.4, 0.5) is 0 Å². The van der Waals surface area contributed by atoms with Gasteiger partial charge in [0.1, 0.15) is 5.75 Å². The fourth-order valence-electron chi connectivity index (χ4n) is 1.70. The Balaban J connectivity index is 2.45. The van der Waals surface area contributed by atoms with Gasteiger partial charge in [0.15, 0.2) is 0 Å². The van der Waals surface area contributed by atoms with E-state index in [1.807, 2.05) is 45.0 Å². The molecule has 0 bridgehead atoms.